The minimum Gasteiger partial charge on any atom is -0.362 e. The molecule has 7 nitrogen and oxygen atoms in total. The molecule has 10 heteroatoms. The first-order chi connectivity index (χ1) is 16.1. The average molecular weight is 470 g/mol. The van der Waals surface area contributed by atoms with E-state index in [2.05, 4.69) is 4.98 Å². The third-order valence-electron chi connectivity index (χ3n) is 5.84. The van der Waals surface area contributed by atoms with E-state index in [9.17, 15) is 28.1 Å². The molecule has 1 amide bonds. The lowest BCUT2D eigenvalue weighted by Crippen LogP contribution is -2.53. The Labute approximate surface area is 193 Å². The Bertz CT molecular complexity index is 1180. The SMILES string of the molecule is C[C@@H]1CN(C(=O)c2ccc(-c3ccc(C(F)(F)F)cc3)cc2)CCN1c1ccc([N+](=O)[O-])nc1. The second-order valence-electron chi connectivity index (χ2n) is 8.08. The molecule has 1 fully saturated rings. The summed E-state index contributed by atoms with van der Waals surface area (Å²) >= 11 is 0. The molecule has 1 aliphatic heterocycles. The van der Waals surface area contributed by atoms with Gasteiger partial charge in [-0.2, -0.15) is 13.2 Å². The van der Waals surface area contributed by atoms with E-state index >= 15 is 0 Å². The van der Waals surface area contributed by atoms with Gasteiger partial charge in [0.05, 0.1) is 11.3 Å². The topological polar surface area (TPSA) is 79.6 Å². The molecule has 1 aromatic heterocycles. The van der Waals surface area contributed by atoms with Crippen LogP contribution in [0.25, 0.3) is 11.1 Å². The van der Waals surface area contributed by atoms with Crippen molar-refractivity contribution in [3.63, 3.8) is 0 Å². The highest BCUT2D eigenvalue weighted by molar-refractivity contribution is 5.95. The van der Waals surface area contributed by atoms with Gasteiger partial charge in [0.25, 0.3) is 5.91 Å². The lowest BCUT2D eigenvalue weighted by Gasteiger charge is -2.40. The summed E-state index contributed by atoms with van der Waals surface area (Å²) in [5, 5.41) is 10.8. The Morgan fingerprint density at radius 3 is 2.12 bits per heavy atom. The number of rotatable bonds is 4. The van der Waals surface area contributed by atoms with Gasteiger partial charge in [-0.05, 0) is 58.3 Å². The highest BCUT2D eigenvalue weighted by Gasteiger charge is 2.30. The Morgan fingerprint density at radius 1 is 1.00 bits per heavy atom. The van der Waals surface area contributed by atoms with Crippen molar-refractivity contribution in [1.29, 1.82) is 0 Å². The summed E-state index contributed by atoms with van der Waals surface area (Å²) in [6, 6.07) is 14.7. The fraction of sp³-hybridized carbons (Fsp3) is 0.250. The zero-order valence-electron chi connectivity index (χ0n) is 18.2. The van der Waals surface area contributed by atoms with Gasteiger partial charge in [-0.3, -0.25) is 4.79 Å². The summed E-state index contributed by atoms with van der Waals surface area (Å²) in [5.41, 5.74) is 1.89. The maximum absolute atomic E-state index is 13.0. The Morgan fingerprint density at radius 2 is 1.62 bits per heavy atom. The van der Waals surface area contributed by atoms with Gasteiger partial charge in [-0.15, -0.1) is 0 Å². The van der Waals surface area contributed by atoms with E-state index in [1.807, 2.05) is 11.8 Å². The predicted octanol–water partition coefficient (Wildman–Crippen LogP) is 5.03. The number of benzene rings is 2. The summed E-state index contributed by atoms with van der Waals surface area (Å²) in [6.07, 6.45) is -2.92. The summed E-state index contributed by atoms with van der Waals surface area (Å²) in [4.78, 5) is 30.9. The van der Waals surface area contributed by atoms with E-state index in [-0.39, 0.29) is 17.8 Å². The summed E-state index contributed by atoms with van der Waals surface area (Å²) in [6.45, 7) is 3.46. The molecule has 0 saturated carbocycles. The highest BCUT2D eigenvalue weighted by atomic mass is 19.4. The van der Waals surface area contributed by atoms with Crippen LogP contribution in [0.15, 0.2) is 66.9 Å². The number of nitrogens with zero attached hydrogens (tertiary/aromatic N) is 4. The van der Waals surface area contributed by atoms with E-state index in [0.29, 0.717) is 36.3 Å². The van der Waals surface area contributed by atoms with Gasteiger partial charge >= 0.3 is 12.0 Å². The van der Waals surface area contributed by atoms with E-state index in [4.69, 9.17) is 0 Å². The van der Waals surface area contributed by atoms with E-state index < -0.39 is 16.7 Å². The molecule has 0 aliphatic carbocycles. The van der Waals surface area contributed by atoms with Crippen molar-refractivity contribution in [2.75, 3.05) is 24.5 Å². The standard InChI is InChI=1S/C24H21F3N4O3/c1-16-15-29(12-13-30(16)21-10-11-22(28-14-21)31(33)34)23(32)19-4-2-17(3-5-19)18-6-8-20(9-7-18)24(25,26)27/h2-11,14,16H,12-13,15H2,1H3/t16-/m1/s1. The van der Waals surface area contributed by atoms with Gasteiger partial charge in [-0.1, -0.05) is 24.3 Å². The summed E-state index contributed by atoms with van der Waals surface area (Å²) in [5.74, 6) is -0.350. The Kier molecular flexibility index (Phi) is 6.23. The molecule has 1 atom stereocenters. The van der Waals surface area contributed by atoms with E-state index in [1.165, 1.54) is 24.4 Å². The van der Waals surface area contributed by atoms with Crippen molar-refractivity contribution in [1.82, 2.24) is 9.88 Å². The van der Waals surface area contributed by atoms with Crippen LogP contribution in [0.1, 0.15) is 22.8 Å². The van der Waals surface area contributed by atoms with Crippen molar-refractivity contribution in [2.45, 2.75) is 19.1 Å². The predicted molar refractivity (Wildman–Crippen MR) is 120 cm³/mol. The summed E-state index contributed by atoms with van der Waals surface area (Å²) in [7, 11) is 0. The van der Waals surface area contributed by atoms with Crippen molar-refractivity contribution >= 4 is 17.4 Å². The number of anilines is 1. The van der Waals surface area contributed by atoms with Crippen LogP contribution in [-0.4, -0.2) is 46.4 Å². The lowest BCUT2D eigenvalue weighted by atomic mass is 10.0. The fourth-order valence-electron chi connectivity index (χ4n) is 4.02. The number of pyridine rings is 1. The molecule has 2 aromatic carbocycles. The van der Waals surface area contributed by atoms with Crippen molar-refractivity contribution in [3.05, 3.63) is 88.1 Å². The number of hydrogen-bond acceptors (Lipinski definition) is 5. The number of alkyl halides is 3. The number of halogens is 3. The molecule has 1 aliphatic rings. The van der Waals surface area contributed by atoms with Gasteiger partial charge in [0.2, 0.25) is 0 Å². The number of carbonyl (C=O) groups excluding carboxylic acids is 1. The van der Waals surface area contributed by atoms with Crippen LogP contribution >= 0.6 is 0 Å². The van der Waals surface area contributed by atoms with Crippen molar-refractivity contribution in [3.8, 4) is 11.1 Å². The second kappa shape index (κ2) is 9.12. The normalized spacial score (nSPS) is 16.4. The fourth-order valence-corrected chi connectivity index (χ4v) is 4.02. The van der Waals surface area contributed by atoms with Crippen LogP contribution in [0.2, 0.25) is 0 Å². The van der Waals surface area contributed by atoms with Crippen LogP contribution in [0.4, 0.5) is 24.7 Å². The van der Waals surface area contributed by atoms with Crippen molar-refractivity contribution < 1.29 is 22.9 Å². The Balaban J connectivity index is 1.41. The monoisotopic (exact) mass is 470 g/mol. The minimum atomic E-state index is -4.38. The first-order valence-corrected chi connectivity index (χ1v) is 10.6. The van der Waals surface area contributed by atoms with Crippen LogP contribution < -0.4 is 4.90 Å². The van der Waals surface area contributed by atoms with E-state index in [1.54, 1.807) is 35.2 Å². The van der Waals surface area contributed by atoms with Crippen molar-refractivity contribution in [2.24, 2.45) is 0 Å². The molecule has 176 valence electrons. The molecule has 2 heterocycles. The third-order valence-corrected chi connectivity index (χ3v) is 5.84. The largest absolute Gasteiger partial charge is 0.416 e. The average Bonchev–Trinajstić information content (AvgIpc) is 2.83. The smallest absolute Gasteiger partial charge is 0.362 e. The minimum absolute atomic E-state index is 0.0209. The number of piperazine rings is 1. The zero-order valence-corrected chi connectivity index (χ0v) is 18.2. The first-order valence-electron chi connectivity index (χ1n) is 10.6. The summed E-state index contributed by atoms with van der Waals surface area (Å²) < 4.78 is 38.3. The molecule has 0 N–H and O–H groups in total. The lowest BCUT2D eigenvalue weighted by molar-refractivity contribution is -0.389. The maximum Gasteiger partial charge on any atom is 0.416 e. The first kappa shape index (κ1) is 23.2. The van der Waals surface area contributed by atoms with Gasteiger partial charge < -0.3 is 19.9 Å². The molecule has 1 saturated heterocycles. The molecule has 0 spiro atoms. The number of hydrogen-bond donors (Lipinski definition) is 0. The van der Waals surface area contributed by atoms with Gasteiger partial charge in [0.1, 0.15) is 0 Å². The molecular formula is C24H21F3N4O3. The quantitative estimate of drug-likeness (QED) is 0.395. The maximum atomic E-state index is 13.0. The van der Waals surface area contributed by atoms with Crippen LogP contribution in [0.3, 0.4) is 0 Å². The third kappa shape index (κ3) is 4.85. The number of carbonyl (C=O) groups is 1. The molecule has 0 bridgehead atoms. The molecule has 34 heavy (non-hydrogen) atoms. The van der Waals surface area contributed by atoms with Crippen LogP contribution in [-0.2, 0) is 6.18 Å². The molecule has 0 radical (unpaired) electrons. The molecule has 4 rings (SSSR count). The highest BCUT2D eigenvalue weighted by Crippen LogP contribution is 2.31. The van der Waals surface area contributed by atoms with Crippen LogP contribution in [0.5, 0.6) is 0 Å². The molecular weight excluding hydrogens is 449 g/mol. The van der Waals surface area contributed by atoms with E-state index in [0.717, 1.165) is 17.8 Å². The number of nitro groups is 1. The van der Waals surface area contributed by atoms with Gasteiger partial charge in [-0.25, -0.2) is 0 Å². The molecule has 3 aromatic rings. The van der Waals surface area contributed by atoms with Gasteiger partial charge in [0.15, 0.2) is 6.20 Å². The number of aromatic nitrogens is 1. The zero-order chi connectivity index (χ0) is 24.5. The molecule has 0 unspecified atom stereocenters. The van der Waals surface area contributed by atoms with Crippen LogP contribution in [0, 0.1) is 10.1 Å². The Hall–Kier alpha value is -3.95. The van der Waals surface area contributed by atoms with Gasteiger partial charge in [0, 0.05) is 37.3 Å². The second-order valence-corrected chi connectivity index (χ2v) is 8.08. The number of amides is 1.